The predicted molar refractivity (Wildman–Crippen MR) is 118 cm³/mol. The van der Waals surface area contributed by atoms with Gasteiger partial charge in [-0.1, -0.05) is 80.1 Å². The Morgan fingerprint density at radius 3 is 1.86 bits per heavy atom. The highest BCUT2D eigenvalue weighted by Crippen LogP contribution is 2.28. The molecular formula is C24H29BrCl2N2. The van der Waals surface area contributed by atoms with Crippen LogP contribution in [0.15, 0.2) is 67.3 Å². The number of hydrogen-bond acceptors (Lipinski definition) is 0. The minimum absolute atomic E-state index is 0. The lowest BCUT2D eigenvalue weighted by Crippen LogP contribution is -3.00. The average molecular weight is 496 g/mol. The molecule has 156 valence electrons. The van der Waals surface area contributed by atoms with Crippen molar-refractivity contribution in [2.45, 2.75) is 58.0 Å². The number of benzene rings is 2. The Kier molecular flexibility index (Phi) is 10.3. The number of halogens is 3. The van der Waals surface area contributed by atoms with Gasteiger partial charge in [-0.3, -0.25) is 0 Å². The third kappa shape index (κ3) is 7.16. The summed E-state index contributed by atoms with van der Waals surface area (Å²) < 4.78 is 4.56. The largest absolute Gasteiger partial charge is 1.00 e. The van der Waals surface area contributed by atoms with Crippen molar-refractivity contribution in [3.63, 3.8) is 0 Å². The summed E-state index contributed by atoms with van der Waals surface area (Å²) in [5.74, 6) is 0. The van der Waals surface area contributed by atoms with E-state index in [1.807, 2.05) is 24.3 Å². The van der Waals surface area contributed by atoms with E-state index >= 15 is 0 Å². The standard InChI is InChI=1S/C24H29Cl2N2.BrH/c1-2-3-4-5-6-7-16-27-17-18-28(19-27)24(20-8-12-22(25)13-9-20)21-10-14-23(26)15-11-21;/h8-15,17-19,24H,2-7,16H2,1H3;1H/q+1;/p-1. The van der Waals surface area contributed by atoms with E-state index in [0.717, 1.165) is 16.6 Å². The Morgan fingerprint density at radius 1 is 0.793 bits per heavy atom. The summed E-state index contributed by atoms with van der Waals surface area (Å²) in [6.45, 7) is 3.32. The van der Waals surface area contributed by atoms with Crippen molar-refractivity contribution in [3.8, 4) is 0 Å². The van der Waals surface area contributed by atoms with Crippen LogP contribution < -0.4 is 21.5 Å². The molecule has 0 atom stereocenters. The van der Waals surface area contributed by atoms with Crippen molar-refractivity contribution >= 4 is 23.2 Å². The highest BCUT2D eigenvalue weighted by atomic mass is 79.9. The predicted octanol–water partition coefficient (Wildman–Crippen LogP) is 4.08. The molecule has 0 aliphatic carbocycles. The van der Waals surface area contributed by atoms with Gasteiger partial charge < -0.3 is 17.0 Å². The van der Waals surface area contributed by atoms with Crippen molar-refractivity contribution in [3.05, 3.63) is 88.4 Å². The highest BCUT2D eigenvalue weighted by Gasteiger charge is 2.21. The molecule has 0 N–H and O–H groups in total. The summed E-state index contributed by atoms with van der Waals surface area (Å²) in [6, 6.07) is 16.3. The van der Waals surface area contributed by atoms with Crippen molar-refractivity contribution in [1.29, 1.82) is 0 Å². The summed E-state index contributed by atoms with van der Waals surface area (Å²) in [5.41, 5.74) is 2.41. The molecule has 0 saturated heterocycles. The maximum atomic E-state index is 6.11. The van der Waals surface area contributed by atoms with Crippen LogP contribution in [-0.4, -0.2) is 4.57 Å². The zero-order chi connectivity index (χ0) is 19.8. The molecule has 0 saturated carbocycles. The number of imidazole rings is 1. The monoisotopic (exact) mass is 494 g/mol. The minimum atomic E-state index is 0. The van der Waals surface area contributed by atoms with E-state index in [4.69, 9.17) is 23.2 Å². The molecule has 0 bridgehead atoms. The van der Waals surface area contributed by atoms with Gasteiger partial charge in [0.05, 0.1) is 6.54 Å². The van der Waals surface area contributed by atoms with Gasteiger partial charge in [-0.25, -0.2) is 9.13 Å². The van der Waals surface area contributed by atoms with Gasteiger partial charge in [0.1, 0.15) is 12.4 Å². The number of aromatic nitrogens is 2. The van der Waals surface area contributed by atoms with Crippen LogP contribution in [-0.2, 0) is 6.54 Å². The van der Waals surface area contributed by atoms with Crippen LogP contribution in [0.25, 0.3) is 0 Å². The number of unbranched alkanes of at least 4 members (excludes halogenated alkanes) is 5. The smallest absolute Gasteiger partial charge is 0.244 e. The van der Waals surface area contributed by atoms with Crippen LogP contribution in [0.4, 0.5) is 0 Å². The van der Waals surface area contributed by atoms with Gasteiger partial charge in [-0.05, 0) is 37.1 Å². The second-order valence-electron chi connectivity index (χ2n) is 7.37. The molecule has 0 amide bonds. The lowest BCUT2D eigenvalue weighted by molar-refractivity contribution is -0.697. The molecule has 0 aliphatic heterocycles. The molecule has 2 aromatic carbocycles. The molecule has 0 aliphatic rings. The molecular weight excluding hydrogens is 467 g/mol. The fraction of sp³-hybridized carbons (Fsp3) is 0.375. The Labute approximate surface area is 195 Å². The zero-order valence-electron chi connectivity index (χ0n) is 16.9. The van der Waals surface area contributed by atoms with Crippen LogP contribution in [0.3, 0.4) is 0 Å². The van der Waals surface area contributed by atoms with Crippen LogP contribution in [0.1, 0.15) is 62.6 Å². The maximum Gasteiger partial charge on any atom is 0.244 e. The van der Waals surface area contributed by atoms with E-state index in [0.29, 0.717) is 0 Å². The quantitative estimate of drug-likeness (QED) is 0.296. The SMILES string of the molecule is CCCCCCCC[n+]1ccn(C(c2ccc(Cl)cc2)c2ccc(Cl)cc2)c1.[Br-]. The van der Waals surface area contributed by atoms with E-state index < -0.39 is 0 Å². The molecule has 29 heavy (non-hydrogen) atoms. The van der Waals surface area contributed by atoms with Crippen LogP contribution in [0, 0.1) is 0 Å². The molecule has 0 radical (unpaired) electrons. The molecule has 0 spiro atoms. The lowest BCUT2D eigenvalue weighted by Gasteiger charge is -2.15. The Hall–Kier alpha value is -1.29. The second kappa shape index (κ2) is 12.4. The van der Waals surface area contributed by atoms with Gasteiger partial charge in [0.25, 0.3) is 0 Å². The van der Waals surface area contributed by atoms with Gasteiger partial charge in [0.15, 0.2) is 6.04 Å². The summed E-state index contributed by atoms with van der Waals surface area (Å²) in [5, 5.41) is 1.51. The van der Waals surface area contributed by atoms with E-state index in [2.05, 4.69) is 59.0 Å². The van der Waals surface area contributed by atoms with E-state index in [1.54, 1.807) is 0 Å². The first-order valence-corrected chi connectivity index (χ1v) is 11.0. The summed E-state index contributed by atoms with van der Waals surface area (Å²) in [6.07, 6.45) is 14.4. The fourth-order valence-corrected chi connectivity index (χ4v) is 3.85. The van der Waals surface area contributed by atoms with Gasteiger partial charge in [0.2, 0.25) is 6.33 Å². The van der Waals surface area contributed by atoms with Gasteiger partial charge in [0, 0.05) is 21.2 Å². The van der Waals surface area contributed by atoms with Crippen molar-refractivity contribution in [2.24, 2.45) is 0 Å². The molecule has 1 aromatic heterocycles. The minimum Gasteiger partial charge on any atom is -1.00 e. The van der Waals surface area contributed by atoms with E-state index in [9.17, 15) is 0 Å². The molecule has 3 rings (SSSR count). The lowest BCUT2D eigenvalue weighted by atomic mass is 9.98. The summed E-state index contributed by atoms with van der Waals surface area (Å²) >= 11 is 12.2. The number of rotatable bonds is 10. The molecule has 5 heteroatoms. The third-order valence-corrected chi connectivity index (χ3v) is 5.66. The first-order valence-electron chi connectivity index (χ1n) is 10.2. The van der Waals surface area contributed by atoms with E-state index in [1.165, 1.54) is 49.7 Å². The topological polar surface area (TPSA) is 8.81 Å². The number of nitrogens with zero attached hydrogens (tertiary/aromatic N) is 2. The van der Waals surface area contributed by atoms with Crippen LogP contribution in [0.5, 0.6) is 0 Å². The third-order valence-electron chi connectivity index (χ3n) is 5.15. The fourth-order valence-electron chi connectivity index (χ4n) is 3.60. The van der Waals surface area contributed by atoms with Crippen LogP contribution >= 0.6 is 23.2 Å². The molecule has 1 heterocycles. The van der Waals surface area contributed by atoms with Crippen molar-refractivity contribution < 1.29 is 21.5 Å². The van der Waals surface area contributed by atoms with E-state index in [-0.39, 0.29) is 23.0 Å². The zero-order valence-corrected chi connectivity index (χ0v) is 20.0. The second-order valence-corrected chi connectivity index (χ2v) is 8.24. The Bertz CT molecular complexity index is 799. The van der Waals surface area contributed by atoms with Gasteiger partial charge in [-0.2, -0.15) is 0 Å². The number of hydrogen-bond donors (Lipinski definition) is 0. The van der Waals surface area contributed by atoms with Gasteiger partial charge in [-0.15, -0.1) is 0 Å². The van der Waals surface area contributed by atoms with Crippen molar-refractivity contribution in [2.75, 3.05) is 0 Å². The number of aryl methyl sites for hydroxylation is 1. The summed E-state index contributed by atoms with van der Waals surface area (Å²) in [4.78, 5) is 0. The first-order chi connectivity index (χ1) is 13.7. The normalized spacial score (nSPS) is 10.9. The molecule has 3 aromatic rings. The average Bonchev–Trinajstić information content (AvgIpc) is 3.16. The molecule has 0 fully saturated rings. The maximum absolute atomic E-state index is 6.11. The van der Waals surface area contributed by atoms with Crippen molar-refractivity contribution in [1.82, 2.24) is 4.57 Å². The van der Waals surface area contributed by atoms with Gasteiger partial charge >= 0.3 is 0 Å². The summed E-state index contributed by atoms with van der Waals surface area (Å²) in [7, 11) is 0. The molecule has 0 unspecified atom stereocenters. The van der Waals surface area contributed by atoms with Crippen LogP contribution in [0.2, 0.25) is 10.0 Å². The first kappa shape index (κ1) is 24.0. The Balaban J connectivity index is 0.00000300. The highest BCUT2D eigenvalue weighted by molar-refractivity contribution is 6.30. The Morgan fingerprint density at radius 2 is 1.31 bits per heavy atom. The molecule has 2 nitrogen and oxygen atoms in total.